The Labute approximate surface area is 74.0 Å². The summed E-state index contributed by atoms with van der Waals surface area (Å²) in [5, 5.41) is 0. The van der Waals surface area contributed by atoms with Gasteiger partial charge in [-0.2, -0.15) is 0 Å². The largest absolute Gasteiger partial charge is 0.143 e. The van der Waals surface area contributed by atoms with E-state index in [0.717, 1.165) is 4.90 Å². The first kappa shape index (κ1) is 8.66. The summed E-state index contributed by atoms with van der Waals surface area (Å²) in [6.45, 7) is 8.55. The Kier molecular flexibility index (Phi) is 2.28. The van der Waals surface area contributed by atoms with Crippen LogP contribution in [0, 0.1) is 27.7 Å². The van der Waals surface area contributed by atoms with Crippen molar-refractivity contribution in [3.05, 3.63) is 28.3 Å². The second kappa shape index (κ2) is 2.90. The molecule has 1 rings (SSSR count). The molecule has 0 aliphatic carbocycles. The fourth-order valence-electron chi connectivity index (χ4n) is 1.19. The van der Waals surface area contributed by atoms with E-state index in [1.54, 1.807) is 0 Å². The molecule has 1 aromatic rings. The van der Waals surface area contributed by atoms with Crippen LogP contribution < -0.4 is 0 Å². The van der Waals surface area contributed by atoms with E-state index in [1.807, 2.05) is 0 Å². The van der Waals surface area contributed by atoms with E-state index in [1.165, 1.54) is 22.3 Å². The number of thiol groups is 1. The summed E-state index contributed by atoms with van der Waals surface area (Å²) in [5.41, 5.74) is 5.39. The zero-order valence-corrected chi connectivity index (χ0v) is 8.42. The second-order valence-corrected chi connectivity index (χ2v) is 3.57. The Morgan fingerprint density at radius 1 is 0.909 bits per heavy atom. The minimum absolute atomic E-state index is 1.10. The molecule has 0 nitrogen and oxygen atoms in total. The first-order valence-corrected chi connectivity index (χ1v) is 4.25. The summed E-state index contributed by atoms with van der Waals surface area (Å²) in [5.74, 6) is 0. The Hall–Kier alpha value is -0.430. The van der Waals surface area contributed by atoms with Crippen LogP contribution in [-0.4, -0.2) is 0 Å². The molecule has 1 aromatic carbocycles. The number of hydrogen-bond donors (Lipinski definition) is 1. The van der Waals surface area contributed by atoms with Crippen molar-refractivity contribution >= 4 is 12.6 Å². The van der Waals surface area contributed by atoms with Crippen molar-refractivity contribution in [2.24, 2.45) is 0 Å². The Morgan fingerprint density at radius 3 is 2.00 bits per heavy atom. The Bertz CT molecular complexity index is 261. The molecule has 0 saturated carbocycles. The van der Waals surface area contributed by atoms with Crippen molar-refractivity contribution in [2.45, 2.75) is 32.6 Å². The van der Waals surface area contributed by atoms with Crippen molar-refractivity contribution < 1.29 is 0 Å². The summed E-state index contributed by atoms with van der Waals surface area (Å²) in [6.07, 6.45) is 0. The Balaban J connectivity index is 3.46. The molecule has 0 aliphatic heterocycles. The van der Waals surface area contributed by atoms with Gasteiger partial charge in [-0.15, -0.1) is 12.6 Å². The molecule has 0 heterocycles. The highest BCUT2D eigenvalue weighted by Gasteiger charge is 2.03. The summed E-state index contributed by atoms with van der Waals surface area (Å²) < 4.78 is 0. The van der Waals surface area contributed by atoms with E-state index in [4.69, 9.17) is 0 Å². The highest BCUT2D eigenvalue weighted by atomic mass is 32.1. The number of rotatable bonds is 0. The van der Waals surface area contributed by atoms with Crippen LogP contribution in [0.3, 0.4) is 0 Å². The second-order valence-electron chi connectivity index (χ2n) is 3.09. The lowest BCUT2D eigenvalue weighted by Crippen LogP contribution is -1.91. The van der Waals surface area contributed by atoms with Gasteiger partial charge in [-0.3, -0.25) is 0 Å². The fourth-order valence-corrected chi connectivity index (χ4v) is 1.55. The topological polar surface area (TPSA) is 0 Å². The summed E-state index contributed by atoms with van der Waals surface area (Å²) in [7, 11) is 0. The lowest BCUT2D eigenvalue weighted by atomic mass is 10.00. The van der Waals surface area contributed by atoms with Gasteiger partial charge in [-0.1, -0.05) is 0 Å². The number of benzene rings is 1. The third-order valence-electron chi connectivity index (χ3n) is 2.45. The third-order valence-corrected chi connectivity index (χ3v) is 2.92. The standard InChI is InChI=1S/C10H14S/c1-6-5-10(11)9(4)8(3)7(6)2/h5,11H,1-4H3. The van der Waals surface area contributed by atoms with Gasteiger partial charge in [0.1, 0.15) is 0 Å². The summed E-state index contributed by atoms with van der Waals surface area (Å²) >= 11 is 4.38. The molecule has 0 atom stereocenters. The van der Waals surface area contributed by atoms with E-state index in [2.05, 4.69) is 46.4 Å². The molecule has 0 bridgehead atoms. The van der Waals surface area contributed by atoms with Crippen molar-refractivity contribution in [1.29, 1.82) is 0 Å². The molecule has 0 aliphatic rings. The number of hydrogen-bond acceptors (Lipinski definition) is 1. The van der Waals surface area contributed by atoms with Gasteiger partial charge in [0.25, 0.3) is 0 Å². The van der Waals surface area contributed by atoms with Gasteiger partial charge in [0.15, 0.2) is 0 Å². The molecular formula is C10H14S. The molecule has 60 valence electrons. The van der Waals surface area contributed by atoms with Crippen LogP contribution in [0.5, 0.6) is 0 Å². The maximum atomic E-state index is 4.38. The molecule has 0 saturated heterocycles. The van der Waals surface area contributed by atoms with E-state index < -0.39 is 0 Å². The number of aryl methyl sites for hydroxylation is 1. The smallest absolute Gasteiger partial charge is 0.00747 e. The van der Waals surface area contributed by atoms with Crippen molar-refractivity contribution in [2.75, 3.05) is 0 Å². The maximum absolute atomic E-state index is 4.38. The molecular weight excluding hydrogens is 152 g/mol. The minimum atomic E-state index is 1.10. The Morgan fingerprint density at radius 2 is 1.45 bits per heavy atom. The normalized spacial score (nSPS) is 10.3. The lowest BCUT2D eigenvalue weighted by molar-refractivity contribution is 1.15. The first-order valence-electron chi connectivity index (χ1n) is 3.80. The average molecular weight is 166 g/mol. The zero-order chi connectivity index (χ0) is 8.59. The van der Waals surface area contributed by atoms with Gasteiger partial charge >= 0.3 is 0 Å². The molecule has 0 amide bonds. The van der Waals surface area contributed by atoms with Gasteiger partial charge in [-0.05, 0) is 56.0 Å². The summed E-state index contributed by atoms with van der Waals surface area (Å²) in [6, 6.07) is 2.13. The SMILES string of the molecule is Cc1cc(S)c(C)c(C)c1C. The molecule has 0 N–H and O–H groups in total. The van der Waals surface area contributed by atoms with E-state index >= 15 is 0 Å². The van der Waals surface area contributed by atoms with Gasteiger partial charge < -0.3 is 0 Å². The molecule has 0 aromatic heterocycles. The monoisotopic (exact) mass is 166 g/mol. The first-order chi connectivity index (χ1) is 5.04. The van der Waals surface area contributed by atoms with Crippen molar-refractivity contribution in [1.82, 2.24) is 0 Å². The van der Waals surface area contributed by atoms with Crippen LogP contribution in [0.15, 0.2) is 11.0 Å². The van der Waals surface area contributed by atoms with Crippen molar-refractivity contribution in [3.8, 4) is 0 Å². The lowest BCUT2D eigenvalue weighted by Gasteiger charge is -2.09. The van der Waals surface area contributed by atoms with Gasteiger partial charge in [0.2, 0.25) is 0 Å². The summed E-state index contributed by atoms with van der Waals surface area (Å²) in [4.78, 5) is 1.10. The van der Waals surface area contributed by atoms with Gasteiger partial charge in [0.05, 0.1) is 0 Å². The van der Waals surface area contributed by atoms with E-state index in [0.29, 0.717) is 0 Å². The quantitative estimate of drug-likeness (QED) is 0.562. The zero-order valence-electron chi connectivity index (χ0n) is 7.52. The van der Waals surface area contributed by atoms with Crippen LogP contribution in [0.2, 0.25) is 0 Å². The van der Waals surface area contributed by atoms with Crippen LogP contribution in [-0.2, 0) is 0 Å². The minimum Gasteiger partial charge on any atom is -0.143 e. The van der Waals surface area contributed by atoms with Crippen LogP contribution in [0.4, 0.5) is 0 Å². The van der Waals surface area contributed by atoms with Gasteiger partial charge in [-0.25, -0.2) is 0 Å². The van der Waals surface area contributed by atoms with Gasteiger partial charge in [0, 0.05) is 4.90 Å². The molecule has 0 spiro atoms. The van der Waals surface area contributed by atoms with E-state index in [9.17, 15) is 0 Å². The predicted octanol–water partition coefficient (Wildman–Crippen LogP) is 3.21. The molecule has 0 unspecified atom stereocenters. The van der Waals surface area contributed by atoms with Crippen LogP contribution in [0.25, 0.3) is 0 Å². The van der Waals surface area contributed by atoms with Crippen LogP contribution in [0.1, 0.15) is 22.3 Å². The predicted molar refractivity (Wildman–Crippen MR) is 52.6 cm³/mol. The highest BCUT2D eigenvalue weighted by molar-refractivity contribution is 7.80. The van der Waals surface area contributed by atoms with Crippen molar-refractivity contribution in [3.63, 3.8) is 0 Å². The highest BCUT2D eigenvalue weighted by Crippen LogP contribution is 2.23. The van der Waals surface area contributed by atoms with Crippen LogP contribution >= 0.6 is 12.6 Å². The average Bonchev–Trinajstić information content (AvgIpc) is 1.97. The molecule has 11 heavy (non-hydrogen) atoms. The molecule has 0 fully saturated rings. The van der Waals surface area contributed by atoms with E-state index in [-0.39, 0.29) is 0 Å². The molecule has 1 heteroatoms. The maximum Gasteiger partial charge on any atom is 0.00747 e. The third kappa shape index (κ3) is 1.43. The fraction of sp³-hybridized carbons (Fsp3) is 0.400. The molecule has 0 radical (unpaired) electrons.